The Labute approximate surface area is 173 Å². The highest BCUT2D eigenvalue weighted by molar-refractivity contribution is 7.17. The van der Waals surface area contributed by atoms with E-state index >= 15 is 0 Å². The molecule has 1 aliphatic heterocycles. The molecule has 158 valence electrons. The third-order valence-corrected chi connectivity index (χ3v) is 5.03. The lowest BCUT2D eigenvalue weighted by molar-refractivity contribution is -0.131. The predicted molar refractivity (Wildman–Crippen MR) is 110 cm³/mol. The van der Waals surface area contributed by atoms with Gasteiger partial charge in [-0.15, -0.1) is 0 Å². The molecule has 3 rings (SSSR count). The minimum absolute atomic E-state index is 0.331. The summed E-state index contributed by atoms with van der Waals surface area (Å²) in [5.74, 6) is 1.85. The molecule has 10 nitrogen and oxygen atoms in total. The molecule has 11 heteroatoms. The van der Waals surface area contributed by atoms with E-state index in [0.717, 1.165) is 38.5 Å². The molecule has 1 saturated heterocycles. The van der Waals surface area contributed by atoms with Gasteiger partial charge in [0.1, 0.15) is 24.3 Å². The number of aryl methyl sites for hydroxylation is 1. The Bertz CT molecular complexity index is 809. The lowest BCUT2D eigenvalue weighted by atomic mass is 10.3. The monoisotopic (exact) mass is 422 g/mol. The highest BCUT2D eigenvalue weighted by Crippen LogP contribution is 2.28. The van der Waals surface area contributed by atoms with E-state index in [1.54, 1.807) is 7.11 Å². The summed E-state index contributed by atoms with van der Waals surface area (Å²) in [5.41, 5.74) is 0. The first-order valence-corrected chi connectivity index (χ1v) is 10.2. The minimum Gasteiger partial charge on any atom is -0.414 e. The lowest BCUT2D eigenvalue weighted by Gasteiger charge is -2.35. The first kappa shape index (κ1) is 21.4. The Morgan fingerprint density at radius 3 is 2.79 bits per heavy atom. The van der Waals surface area contributed by atoms with Gasteiger partial charge in [-0.05, 0) is 6.92 Å². The van der Waals surface area contributed by atoms with Gasteiger partial charge in [-0.2, -0.15) is 0 Å². The maximum atomic E-state index is 11.0. The van der Waals surface area contributed by atoms with Crippen LogP contribution in [0.15, 0.2) is 12.3 Å². The van der Waals surface area contributed by atoms with Crippen molar-refractivity contribution in [1.82, 2.24) is 19.9 Å². The normalized spacial score (nSPS) is 14.8. The standard InChI is InChI=1S/C18H26N6O4S/c1-13-20-15(22-18-19-11-17(29-18)28-14(2)25)10-16(21-13)24-6-4-23(5-7-24)8-9-27-12-26-3/h10-11H,4-9,12H2,1-3H3,(H,19,20,21,22). The zero-order valence-electron chi connectivity index (χ0n) is 16.9. The number of nitrogens with one attached hydrogen (secondary N) is 1. The van der Waals surface area contributed by atoms with Crippen molar-refractivity contribution in [2.75, 3.05) is 63.5 Å². The van der Waals surface area contributed by atoms with Crippen molar-refractivity contribution in [3.05, 3.63) is 18.1 Å². The Morgan fingerprint density at radius 2 is 2.07 bits per heavy atom. The lowest BCUT2D eigenvalue weighted by Crippen LogP contribution is -2.47. The zero-order valence-corrected chi connectivity index (χ0v) is 17.7. The van der Waals surface area contributed by atoms with Crippen LogP contribution in [0.1, 0.15) is 12.7 Å². The van der Waals surface area contributed by atoms with Gasteiger partial charge in [0, 0.05) is 52.8 Å². The van der Waals surface area contributed by atoms with Crippen LogP contribution in [0.2, 0.25) is 0 Å². The Morgan fingerprint density at radius 1 is 1.28 bits per heavy atom. The Balaban J connectivity index is 1.57. The van der Waals surface area contributed by atoms with Gasteiger partial charge in [0.05, 0.1) is 12.8 Å². The molecular formula is C18H26N6O4S. The van der Waals surface area contributed by atoms with Gasteiger partial charge >= 0.3 is 5.97 Å². The number of carbonyl (C=O) groups excluding carboxylic acids is 1. The number of piperazine rings is 1. The quantitative estimate of drug-likeness (QED) is 0.365. The molecule has 0 spiro atoms. The second-order valence-electron chi connectivity index (χ2n) is 6.51. The number of nitrogens with zero attached hydrogens (tertiary/aromatic N) is 5. The van der Waals surface area contributed by atoms with Gasteiger partial charge in [0.15, 0.2) is 5.13 Å². The molecule has 2 aromatic rings. The summed E-state index contributed by atoms with van der Waals surface area (Å²) in [6.07, 6.45) is 1.51. The molecule has 3 heterocycles. The molecule has 0 amide bonds. The van der Waals surface area contributed by atoms with Crippen molar-refractivity contribution in [1.29, 1.82) is 0 Å². The van der Waals surface area contributed by atoms with Crippen molar-refractivity contribution in [3.63, 3.8) is 0 Å². The van der Waals surface area contributed by atoms with Crippen LogP contribution >= 0.6 is 11.3 Å². The van der Waals surface area contributed by atoms with Crippen LogP contribution in [-0.4, -0.2) is 79.1 Å². The average molecular weight is 423 g/mol. The fourth-order valence-corrected chi connectivity index (χ4v) is 3.65. The summed E-state index contributed by atoms with van der Waals surface area (Å²) in [6.45, 7) is 8.77. The second kappa shape index (κ2) is 10.4. The van der Waals surface area contributed by atoms with Crippen LogP contribution in [0.4, 0.5) is 16.8 Å². The number of hydrogen-bond donors (Lipinski definition) is 1. The highest BCUT2D eigenvalue weighted by atomic mass is 32.1. The van der Waals surface area contributed by atoms with Crippen LogP contribution in [-0.2, 0) is 14.3 Å². The van der Waals surface area contributed by atoms with Gasteiger partial charge in [0.2, 0.25) is 5.06 Å². The van der Waals surface area contributed by atoms with Gasteiger partial charge in [-0.3, -0.25) is 9.69 Å². The summed E-state index contributed by atoms with van der Waals surface area (Å²) in [6, 6.07) is 1.91. The van der Waals surface area contributed by atoms with E-state index in [9.17, 15) is 4.79 Å². The van der Waals surface area contributed by atoms with Gasteiger partial charge in [0.25, 0.3) is 0 Å². The molecule has 0 saturated carbocycles. The maximum Gasteiger partial charge on any atom is 0.308 e. The van der Waals surface area contributed by atoms with E-state index in [2.05, 4.69) is 30.1 Å². The third kappa shape index (κ3) is 6.60. The van der Waals surface area contributed by atoms with Crippen LogP contribution in [0, 0.1) is 6.92 Å². The molecule has 1 N–H and O–H groups in total. The minimum atomic E-state index is -0.371. The summed E-state index contributed by atoms with van der Waals surface area (Å²) in [4.78, 5) is 28.9. The molecule has 0 aromatic carbocycles. The summed E-state index contributed by atoms with van der Waals surface area (Å²) in [5, 5.41) is 4.21. The third-order valence-electron chi connectivity index (χ3n) is 4.24. The van der Waals surface area contributed by atoms with E-state index in [1.807, 2.05) is 13.0 Å². The van der Waals surface area contributed by atoms with E-state index in [-0.39, 0.29) is 5.97 Å². The first-order valence-electron chi connectivity index (χ1n) is 9.34. The van der Waals surface area contributed by atoms with Crippen LogP contribution < -0.4 is 15.0 Å². The number of carbonyl (C=O) groups is 1. The van der Waals surface area contributed by atoms with Crippen molar-refractivity contribution in [3.8, 4) is 5.06 Å². The first-order chi connectivity index (χ1) is 14.0. The molecule has 0 radical (unpaired) electrons. The number of anilines is 3. The van der Waals surface area contributed by atoms with Crippen LogP contribution in [0.3, 0.4) is 0 Å². The van der Waals surface area contributed by atoms with Gasteiger partial charge in [-0.25, -0.2) is 15.0 Å². The molecule has 0 bridgehead atoms. The topological polar surface area (TPSA) is 102 Å². The van der Waals surface area contributed by atoms with Crippen molar-refractivity contribution < 1.29 is 19.0 Å². The van der Waals surface area contributed by atoms with E-state index in [0.29, 0.717) is 35.2 Å². The Hall–Kier alpha value is -2.34. The number of hydrogen-bond acceptors (Lipinski definition) is 11. The van der Waals surface area contributed by atoms with Crippen molar-refractivity contribution >= 4 is 34.1 Å². The fraction of sp³-hybridized carbons (Fsp3) is 0.556. The fourth-order valence-electron chi connectivity index (χ4n) is 2.93. The van der Waals surface area contributed by atoms with E-state index in [4.69, 9.17) is 14.2 Å². The predicted octanol–water partition coefficient (Wildman–Crippen LogP) is 1.65. The molecule has 0 aliphatic carbocycles. The average Bonchev–Trinajstić information content (AvgIpc) is 3.11. The second-order valence-corrected chi connectivity index (χ2v) is 7.50. The number of ether oxygens (including phenoxy) is 3. The number of esters is 1. The number of methoxy groups -OCH3 is 1. The van der Waals surface area contributed by atoms with Crippen LogP contribution in [0.5, 0.6) is 5.06 Å². The number of thiazole rings is 1. The summed E-state index contributed by atoms with van der Waals surface area (Å²) >= 11 is 1.25. The van der Waals surface area contributed by atoms with Gasteiger partial charge in [-0.1, -0.05) is 11.3 Å². The smallest absolute Gasteiger partial charge is 0.308 e. The summed E-state index contributed by atoms with van der Waals surface area (Å²) in [7, 11) is 1.62. The molecule has 29 heavy (non-hydrogen) atoms. The van der Waals surface area contributed by atoms with Gasteiger partial charge < -0.3 is 24.4 Å². The van der Waals surface area contributed by atoms with Crippen LogP contribution in [0.25, 0.3) is 0 Å². The molecule has 0 unspecified atom stereocenters. The Kier molecular flexibility index (Phi) is 7.69. The molecule has 2 aromatic heterocycles. The van der Waals surface area contributed by atoms with E-state index in [1.165, 1.54) is 24.5 Å². The molecule has 1 aliphatic rings. The SMILES string of the molecule is COCOCCN1CCN(c2cc(Nc3ncc(OC(C)=O)s3)nc(C)n2)CC1. The number of rotatable bonds is 9. The molecule has 0 atom stereocenters. The van der Waals surface area contributed by atoms with Crippen molar-refractivity contribution in [2.24, 2.45) is 0 Å². The van der Waals surface area contributed by atoms with E-state index < -0.39 is 0 Å². The molecule has 1 fully saturated rings. The summed E-state index contributed by atoms with van der Waals surface area (Å²) < 4.78 is 15.3. The molecular weight excluding hydrogens is 396 g/mol. The maximum absolute atomic E-state index is 11.0. The van der Waals surface area contributed by atoms with Crippen molar-refractivity contribution in [2.45, 2.75) is 13.8 Å². The zero-order chi connectivity index (χ0) is 20.6. The number of aromatic nitrogens is 3. The highest BCUT2D eigenvalue weighted by Gasteiger charge is 2.19. The largest absolute Gasteiger partial charge is 0.414 e.